The molecule has 0 bridgehead atoms. The number of hydrogen-bond acceptors (Lipinski definition) is 3. The summed E-state index contributed by atoms with van der Waals surface area (Å²) < 4.78 is 5.04. The molecule has 3 N–H and O–H groups in total. The number of nitrogen functional groups attached to an aromatic ring is 1. The SMILES string of the molecule is CNc1ccc(N)cc1-c1ccoc1. The molecule has 0 saturated carbocycles. The van der Waals surface area contributed by atoms with Gasteiger partial charge in [-0.15, -0.1) is 0 Å². The molecule has 0 fully saturated rings. The van der Waals surface area contributed by atoms with Crippen molar-refractivity contribution in [2.75, 3.05) is 18.1 Å². The second-order valence-electron chi connectivity index (χ2n) is 3.07. The topological polar surface area (TPSA) is 51.2 Å². The highest BCUT2D eigenvalue weighted by atomic mass is 16.3. The first-order chi connectivity index (χ1) is 6.81. The van der Waals surface area contributed by atoms with E-state index in [1.165, 1.54) is 0 Å². The largest absolute Gasteiger partial charge is 0.472 e. The summed E-state index contributed by atoms with van der Waals surface area (Å²) in [4.78, 5) is 0. The third-order valence-corrected chi connectivity index (χ3v) is 2.15. The molecule has 0 unspecified atom stereocenters. The van der Waals surface area contributed by atoms with Gasteiger partial charge in [-0.1, -0.05) is 0 Å². The number of anilines is 2. The molecule has 0 radical (unpaired) electrons. The maximum absolute atomic E-state index is 5.73. The van der Waals surface area contributed by atoms with Crippen molar-refractivity contribution < 1.29 is 4.42 Å². The van der Waals surface area contributed by atoms with Crippen LogP contribution in [0.15, 0.2) is 41.2 Å². The van der Waals surface area contributed by atoms with Crippen LogP contribution in [0.3, 0.4) is 0 Å². The first-order valence-electron chi connectivity index (χ1n) is 4.41. The first-order valence-corrected chi connectivity index (χ1v) is 4.41. The number of nitrogens with two attached hydrogens (primary N) is 1. The van der Waals surface area contributed by atoms with E-state index in [-0.39, 0.29) is 0 Å². The van der Waals surface area contributed by atoms with E-state index in [1.54, 1.807) is 12.5 Å². The van der Waals surface area contributed by atoms with Crippen molar-refractivity contribution in [1.29, 1.82) is 0 Å². The molecule has 0 spiro atoms. The van der Waals surface area contributed by atoms with Crippen LogP contribution in [0.25, 0.3) is 11.1 Å². The van der Waals surface area contributed by atoms with E-state index in [0.29, 0.717) is 0 Å². The molecule has 2 rings (SSSR count). The van der Waals surface area contributed by atoms with E-state index in [1.807, 2.05) is 31.3 Å². The molecule has 0 aliphatic carbocycles. The Hall–Kier alpha value is -1.90. The normalized spacial score (nSPS) is 10.1. The lowest BCUT2D eigenvalue weighted by molar-refractivity contribution is 0.568. The van der Waals surface area contributed by atoms with Crippen molar-refractivity contribution in [3.63, 3.8) is 0 Å². The standard InChI is InChI=1S/C11H12N2O/c1-13-11-3-2-9(12)6-10(11)8-4-5-14-7-8/h2-7,13H,12H2,1H3. The molecule has 3 heteroatoms. The average Bonchev–Trinajstić information content (AvgIpc) is 2.70. The Labute approximate surface area is 82.5 Å². The van der Waals surface area contributed by atoms with Crippen LogP contribution in [-0.4, -0.2) is 7.05 Å². The molecule has 2 aromatic rings. The predicted molar refractivity (Wildman–Crippen MR) is 58.1 cm³/mol. The fourth-order valence-electron chi connectivity index (χ4n) is 1.44. The Morgan fingerprint density at radius 1 is 1.29 bits per heavy atom. The van der Waals surface area contributed by atoms with Gasteiger partial charge in [-0.25, -0.2) is 0 Å². The summed E-state index contributed by atoms with van der Waals surface area (Å²) in [5.41, 5.74) is 9.61. The van der Waals surface area contributed by atoms with Crippen LogP contribution in [0.2, 0.25) is 0 Å². The zero-order valence-electron chi connectivity index (χ0n) is 7.95. The average molecular weight is 188 g/mol. The first kappa shape index (κ1) is 8.69. The van der Waals surface area contributed by atoms with E-state index in [2.05, 4.69) is 5.32 Å². The second kappa shape index (κ2) is 3.46. The summed E-state index contributed by atoms with van der Waals surface area (Å²) in [7, 11) is 1.88. The Morgan fingerprint density at radius 2 is 2.14 bits per heavy atom. The van der Waals surface area contributed by atoms with Gasteiger partial charge >= 0.3 is 0 Å². The van der Waals surface area contributed by atoms with Crippen LogP contribution in [-0.2, 0) is 0 Å². The lowest BCUT2D eigenvalue weighted by atomic mass is 10.1. The zero-order chi connectivity index (χ0) is 9.97. The quantitative estimate of drug-likeness (QED) is 0.712. The van der Waals surface area contributed by atoms with Crippen molar-refractivity contribution in [1.82, 2.24) is 0 Å². The monoisotopic (exact) mass is 188 g/mol. The summed E-state index contributed by atoms with van der Waals surface area (Å²) in [6.45, 7) is 0. The molecule has 72 valence electrons. The maximum Gasteiger partial charge on any atom is 0.0981 e. The lowest BCUT2D eigenvalue weighted by Gasteiger charge is -2.07. The fourth-order valence-corrected chi connectivity index (χ4v) is 1.44. The van der Waals surface area contributed by atoms with Crippen molar-refractivity contribution in [2.24, 2.45) is 0 Å². The van der Waals surface area contributed by atoms with Crippen LogP contribution >= 0.6 is 0 Å². The van der Waals surface area contributed by atoms with Crippen LogP contribution in [0.4, 0.5) is 11.4 Å². The Morgan fingerprint density at radius 3 is 2.79 bits per heavy atom. The zero-order valence-corrected chi connectivity index (χ0v) is 7.95. The smallest absolute Gasteiger partial charge is 0.0981 e. The summed E-state index contributed by atoms with van der Waals surface area (Å²) in [6.07, 6.45) is 3.35. The van der Waals surface area contributed by atoms with Gasteiger partial charge in [-0.05, 0) is 24.3 Å². The summed E-state index contributed by atoms with van der Waals surface area (Å²) >= 11 is 0. The minimum Gasteiger partial charge on any atom is -0.472 e. The maximum atomic E-state index is 5.73. The summed E-state index contributed by atoms with van der Waals surface area (Å²) in [5, 5.41) is 3.11. The molecule has 0 aliphatic rings. The van der Waals surface area contributed by atoms with Gasteiger partial charge in [0.25, 0.3) is 0 Å². The summed E-state index contributed by atoms with van der Waals surface area (Å²) in [5.74, 6) is 0. The minimum atomic E-state index is 0.750. The third kappa shape index (κ3) is 1.44. The molecule has 14 heavy (non-hydrogen) atoms. The molecule has 1 heterocycles. The molecular formula is C11H12N2O. The number of benzene rings is 1. The third-order valence-electron chi connectivity index (χ3n) is 2.15. The van der Waals surface area contributed by atoms with Gasteiger partial charge in [0.1, 0.15) is 0 Å². The molecule has 1 aromatic heterocycles. The highest BCUT2D eigenvalue weighted by molar-refractivity contribution is 5.79. The predicted octanol–water partition coefficient (Wildman–Crippen LogP) is 2.57. The van der Waals surface area contributed by atoms with Crippen LogP contribution in [0.1, 0.15) is 0 Å². The highest BCUT2D eigenvalue weighted by Gasteiger charge is 2.05. The highest BCUT2D eigenvalue weighted by Crippen LogP contribution is 2.29. The molecule has 0 aliphatic heterocycles. The van der Waals surface area contributed by atoms with Crippen molar-refractivity contribution in [3.05, 3.63) is 36.8 Å². The molecular weight excluding hydrogens is 176 g/mol. The second-order valence-corrected chi connectivity index (χ2v) is 3.07. The number of hydrogen-bond donors (Lipinski definition) is 2. The molecule has 0 atom stereocenters. The Kier molecular flexibility index (Phi) is 2.14. The Balaban J connectivity index is 2.55. The van der Waals surface area contributed by atoms with Gasteiger partial charge < -0.3 is 15.5 Å². The summed E-state index contributed by atoms with van der Waals surface area (Å²) in [6, 6.07) is 7.67. The van der Waals surface area contributed by atoms with Crippen LogP contribution in [0.5, 0.6) is 0 Å². The fraction of sp³-hybridized carbons (Fsp3) is 0.0909. The van der Waals surface area contributed by atoms with E-state index in [0.717, 1.165) is 22.5 Å². The Bertz CT molecular complexity index is 421. The number of rotatable bonds is 2. The van der Waals surface area contributed by atoms with Crippen molar-refractivity contribution in [3.8, 4) is 11.1 Å². The van der Waals surface area contributed by atoms with E-state index >= 15 is 0 Å². The van der Waals surface area contributed by atoms with Gasteiger partial charge in [0.05, 0.1) is 12.5 Å². The van der Waals surface area contributed by atoms with Crippen molar-refractivity contribution >= 4 is 11.4 Å². The van der Waals surface area contributed by atoms with Crippen LogP contribution < -0.4 is 11.1 Å². The molecule has 3 nitrogen and oxygen atoms in total. The molecule has 1 aromatic carbocycles. The minimum absolute atomic E-state index is 0.750. The van der Waals surface area contributed by atoms with Gasteiger partial charge in [0, 0.05) is 29.5 Å². The van der Waals surface area contributed by atoms with Gasteiger partial charge in [-0.2, -0.15) is 0 Å². The number of nitrogens with one attached hydrogen (secondary N) is 1. The van der Waals surface area contributed by atoms with E-state index in [4.69, 9.17) is 10.2 Å². The number of furan rings is 1. The van der Waals surface area contributed by atoms with Gasteiger partial charge in [0.15, 0.2) is 0 Å². The lowest BCUT2D eigenvalue weighted by Crippen LogP contribution is -1.93. The van der Waals surface area contributed by atoms with E-state index in [9.17, 15) is 0 Å². The van der Waals surface area contributed by atoms with Gasteiger partial charge in [0.2, 0.25) is 0 Å². The molecule has 0 saturated heterocycles. The van der Waals surface area contributed by atoms with E-state index < -0.39 is 0 Å². The molecule has 0 amide bonds. The van der Waals surface area contributed by atoms with Gasteiger partial charge in [-0.3, -0.25) is 0 Å². The van der Waals surface area contributed by atoms with Crippen molar-refractivity contribution in [2.45, 2.75) is 0 Å². The van der Waals surface area contributed by atoms with Crippen LogP contribution in [0, 0.1) is 0 Å².